The van der Waals surface area contributed by atoms with Gasteiger partial charge in [-0.15, -0.1) is 0 Å². The molecule has 0 atom stereocenters. The zero-order chi connectivity index (χ0) is 13.7. The zero-order valence-electron chi connectivity index (χ0n) is 9.93. The van der Waals surface area contributed by atoms with E-state index in [4.69, 9.17) is 4.74 Å². The smallest absolute Gasteiger partial charge is 0.379 e. The van der Waals surface area contributed by atoms with Gasteiger partial charge in [0.15, 0.2) is 17.8 Å². The summed E-state index contributed by atoms with van der Waals surface area (Å²) in [5.41, 5.74) is -0.274. The number of carbonyl (C=O) groups is 3. The van der Waals surface area contributed by atoms with E-state index in [1.54, 1.807) is 6.92 Å². The number of rotatable bonds is 5. The van der Waals surface area contributed by atoms with Gasteiger partial charge in [-0.2, -0.15) is 0 Å². The summed E-state index contributed by atoms with van der Waals surface area (Å²) in [7, 11) is 1.30. The first-order chi connectivity index (χ1) is 8.54. The van der Waals surface area contributed by atoms with E-state index in [0.29, 0.717) is 6.29 Å². The molecule has 0 saturated carbocycles. The van der Waals surface area contributed by atoms with E-state index >= 15 is 0 Å². The normalized spacial score (nSPS) is 9.67. The molecule has 0 aliphatic carbocycles. The second-order valence-corrected chi connectivity index (χ2v) is 3.28. The number of esters is 1. The number of methoxy groups -OCH3 is 1. The van der Waals surface area contributed by atoms with Crippen LogP contribution in [0.1, 0.15) is 27.6 Å². The predicted molar refractivity (Wildman–Crippen MR) is 61.0 cm³/mol. The number of phenols is 1. The number of hydrogen-bond acceptors (Lipinski definition) is 6. The summed E-state index contributed by atoms with van der Waals surface area (Å²) in [6, 6.07) is 2.18. The first-order valence-corrected chi connectivity index (χ1v) is 5.12. The average Bonchev–Trinajstić information content (AvgIpc) is 2.37. The van der Waals surface area contributed by atoms with Crippen LogP contribution in [-0.2, 0) is 9.53 Å². The van der Waals surface area contributed by atoms with Crippen LogP contribution >= 0.6 is 0 Å². The van der Waals surface area contributed by atoms with Crippen molar-refractivity contribution >= 4 is 18.0 Å². The number of Topliss-reactive ketones (excluding diaryl/α,β-unsaturated/α-hetero) is 1. The largest absolute Gasteiger partial charge is 0.504 e. The van der Waals surface area contributed by atoms with Crippen LogP contribution in [0.3, 0.4) is 0 Å². The summed E-state index contributed by atoms with van der Waals surface area (Å²) >= 11 is 0. The van der Waals surface area contributed by atoms with Crippen molar-refractivity contribution < 1.29 is 29.0 Å². The number of phenolic OH excluding ortho intramolecular Hbond substituents is 1. The summed E-state index contributed by atoms with van der Waals surface area (Å²) in [6.45, 7) is 1.60. The van der Waals surface area contributed by atoms with E-state index in [0.717, 1.165) is 6.07 Å². The topological polar surface area (TPSA) is 89.9 Å². The Morgan fingerprint density at radius 2 is 2.06 bits per heavy atom. The number of ether oxygens (including phenoxy) is 2. The monoisotopic (exact) mass is 252 g/mol. The lowest BCUT2D eigenvalue weighted by molar-refractivity contribution is -0.137. The summed E-state index contributed by atoms with van der Waals surface area (Å²) in [5, 5.41) is 9.53. The van der Waals surface area contributed by atoms with E-state index in [2.05, 4.69) is 4.74 Å². The Bertz CT molecular complexity index is 492. The molecular weight excluding hydrogens is 240 g/mol. The van der Waals surface area contributed by atoms with Crippen LogP contribution in [0, 0.1) is 0 Å². The molecule has 18 heavy (non-hydrogen) atoms. The van der Waals surface area contributed by atoms with Gasteiger partial charge in [-0.3, -0.25) is 9.59 Å². The highest BCUT2D eigenvalue weighted by Gasteiger charge is 2.22. The van der Waals surface area contributed by atoms with Gasteiger partial charge >= 0.3 is 5.97 Å². The minimum atomic E-state index is -1.08. The second-order valence-electron chi connectivity index (χ2n) is 3.28. The lowest BCUT2D eigenvalue weighted by Gasteiger charge is -2.08. The number of aldehydes is 1. The Kier molecular flexibility index (Phi) is 4.42. The van der Waals surface area contributed by atoms with Gasteiger partial charge in [0, 0.05) is 11.1 Å². The van der Waals surface area contributed by atoms with Crippen LogP contribution in [0.2, 0.25) is 0 Å². The van der Waals surface area contributed by atoms with Crippen LogP contribution in [0.5, 0.6) is 11.5 Å². The minimum absolute atomic E-state index is 0.0394. The van der Waals surface area contributed by atoms with Crippen molar-refractivity contribution in [2.45, 2.75) is 6.92 Å². The molecule has 1 N–H and O–H groups in total. The molecule has 0 aromatic heterocycles. The third kappa shape index (κ3) is 2.65. The quantitative estimate of drug-likeness (QED) is 0.363. The van der Waals surface area contributed by atoms with Gasteiger partial charge < -0.3 is 14.6 Å². The van der Waals surface area contributed by atoms with Crippen molar-refractivity contribution in [2.75, 3.05) is 13.7 Å². The fourth-order valence-corrected chi connectivity index (χ4v) is 1.35. The number of carbonyl (C=O) groups excluding carboxylic acids is 3. The molecular formula is C12H12O6. The van der Waals surface area contributed by atoms with E-state index in [1.165, 1.54) is 13.2 Å². The highest BCUT2D eigenvalue weighted by atomic mass is 16.5. The van der Waals surface area contributed by atoms with Crippen molar-refractivity contribution in [2.24, 2.45) is 0 Å². The third-order valence-electron chi connectivity index (χ3n) is 2.18. The zero-order valence-corrected chi connectivity index (χ0v) is 9.93. The van der Waals surface area contributed by atoms with Crippen molar-refractivity contribution in [1.29, 1.82) is 0 Å². The molecule has 0 aliphatic heterocycles. The van der Waals surface area contributed by atoms with Gasteiger partial charge in [-0.1, -0.05) is 0 Å². The lowest BCUT2D eigenvalue weighted by Crippen LogP contribution is -2.19. The Hall–Kier alpha value is -2.37. The molecule has 1 aromatic rings. The van der Waals surface area contributed by atoms with E-state index < -0.39 is 11.8 Å². The molecule has 0 saturated heterocycles. The molecule has 96 valence electrons. The SMILES string of the molecule is CCOC(=O)C(=O)c1cc(O)c(OC)cc1C=O. The van der Waals surface area contributed by atoms with Gasteiger partial charge in [0.25, 0.3) is 5.78 Å². The van der Waals surface area contributed by atoms with Gasteiger partial charge in [-0.05, 0) is 19.1 Å². The molecule has 0 aliphatic rings. The standard InChI is InChI=1S/C12H12O6/c1-3-18-12(16)11(15)8-5-9(14)10(17-2)4-7(8)6-13/h4-6,14H,3H2,1-2H3. The van der Waals surface area contributed by atoms with Crippen LogP contribution in [-0.4, -0.2) is 36.9 Å². The Balaban J connectivity index is 3.23. The number of benzene rings is 1. The molecule has 0 spiro atoms. The predicted octanol–water partition coefficient (Wildman–Crippen LogP) is 0.959. The molecule has 0 amide bonds. The van der Waals surface area contributed by atoms with Crippen LogP contribution < -0.4 is 4.74 Å². The first kappa shape index (κ1) is 13.7. The average molecular weight is 252 g/mol. The van der Waals surface area contributed by atoms with Crippen molar-refractivity contribution in [3.63, 3.8) is 0 Å². The summed E-state index contributed by atoms with van der Waals surface area (Å²) in [4.78, 5) is 33.8. The fourth-order valence-electron chi connectivity index (χ4n) is 1.35. The molecule has 6 heteroatoms. The van der Waals surface area contributed by atoms with Gasteiger partial charge in [0.2, 0.25) is 0 Å². The minimum Gasteiger partial charge on any atom is -0.504 e. The summed E-state index contributed by atoms with van der Waals surface area (Å²) < 4.78 is 9.33. The van der Waals surface area contributed by atoms with Crippen molar-refractivity contribution in [1.82, 2.24) is 0 Å². The molecule has 1 rings (SSSR count). The molecule has 6 nitrogen and oxygen atoms in total. The van der Waals surface area contributed by atoms with E-state index in [-0.39, 0.29) is 29.2 Å². The molecule has 0 radical (unpaired) electrons. The molecule has 0 heterocycles. The van der Waals surface area contributed by atoms with Crippen LogP contribution in [0.25, 0.3) is 0 Å². The Labute approximate surface area is 103 Å². The number of hydrogen-bond donors (Lipinski definition) is 1. The molecule has 0 bridgehead atoms. The van der Waals surface area contributed by atoms with Gasteiger partial charge in [0.05, 0.1) is 13.7 Å². The maximum Gasteiger partial charge on any atom is 0.379 e. The maximum absolute atomic E-state index is 11.7. The Morgan fingerprint density at radius 1 is 1.39 bits per heavy atom. The lowest BCUT2D eigenvalue weighted by atomic mass is 10.0. The third-order valence-corrected chi connectivity index (χ3v) is 2.18. The maximum atomic E-state index is 11.7. The molecule has 1 aromatic carbocycles. The Morgan fingerprint density at radius 3 is 2.56 bits per heavy atom. The highest BCUT2D eigenvalue weighted by Crippen LogP contribution is 2.29. The second kappa shape index (κ2) is 5.81. The van der Waals surface area contributed by atoms with Crippen molar-refractivity contribution in [3.05, 3.63) is 23.3 Å². The van der Waals surface area contributed by atoms with E-state index in [9.17, 15) is 19.5 Å². The van der Waals surface area contributed by atoms with Crippen LogP contribution in [0.15, 0.2) is 12.1 Å². The van der Waals surface area contributed by atoms with Gasteiger partial charge in [-0.25, -0.2) is 4.79 Å². The summed E-state index contributed by atoms with van der Waals surface area (Å²) in [5.74, 6) is -2.37. The molecule has 0 fully saturated rings. The van der Waals surface area contributed by atoms with Crippen molar-refractivity contribution in [3.8, 4) is 11.5 Å². The summed E-state index contributed by atoms with van der Waals surface area (Å²) in [6.07, 6.45) is 0.397. The number of aromatic hydroxyl groups is 1. The first-order valence-electron chi connectivity index (χ1n) is 5.12. The number of ketones is 1. The van der Waals surface area contributed by atoms with Gasteiger partial charge in [0.1, 0.15) is 0 Å². The van der Waals surface area contributed by atoms with E-state index in [1.807, 2.05) is 0 Å². The molecule has 0 unspecified atom stereocenters. The highest BCUT2D eigenvalue weighted by molar-refractivity contribution is 6.41. The van der Waals surface area contributed by atoms with Crippen LogP contribution in [0.4, 0.5) is 0 Å². The fraction of sp³-hybridized carbons (Fsp3) is 0.250.